The van der Waals surface area contributed by atoms with Gasteiger partial charge in [-0.05, 0) is 68.4 Å². The Morgan fingerprint density at radius 3 is 1.97 bits per heavy atom. The molecule has 5 amide bonds. The van der Waals surface area contributed by atoms with Gasteiger partial charge in [-0.15, -0.1) is 0 Å². The number of fused-ring (bicyclic) bond motifs is 1. The van der Waals surface area contributed by atoms with E-state index in [1.807, 2.05) is 0 Å². The van der Waals surface area contributed by atoms with Crippen molar-refractivity contribution in [3.63, 3.8) is 0 Å². The van der Waals surface area contributed by atoms with Crippen LogP contribution in [0.3, 0.4) is 0 Å². The van der Waals surface area contributed by atoms with Crippen molar-refractivity contribution in [1.29, 1.82) is 0 Å². The van der Waals surface area contributed by atoms with Gasteiger partial charge in [-0.2, -0.15) is 0 Å². The van der Waals surface area contributed by atoms with Crippen LogP contribution in [0.5, 0.6) is 0 Å². The van der Waals surface area contributed by atoms with Crippen LogP contribution in [-0.4, -0.2) is 40.7 Å². The number of hydrogen-bond donors (Lipinski definition) is 2. The monoisotopic (exact) mass is 395 g/mol. The summed E-state index contributed by atoms with van der Waals surface area (Å²) >= 11 is 0. The third-order valence-electron chi connectivity index (χ3n) is 7.11. The van der Waals surface area contributed by atoms with E-state index in [1.54, 1.807) is 24.3 Å². The number of imide groups is 2. The topological polar surface area (TPSA) is 95.6 Å². The molecule has 0 atom stereocenters. The SMILES string of the molecule is O=C(CCN1C(=O)c2ccccc2C1=O)NC(=O)NC12CC3CC(CC(C3)C1)C2. The first-order valence-electron chi connectivity index (χ1n) is 10.5. The smallest absolute Gasteiger partial charge is 0.321 e. The van der Waals surface area contributed by atoms with Crippen molar-refractivity contribution < 1.29 is 19.2 Å². The van der Waals surface area contributed by atoms with Crippen molar-refractivity contribution in [3.05, 3.63) is 35.4 Å². The first-order valence-corrected chi connectivity index (χ1v) is 10.5. The minimum Gasteiger partial charge on any atom is -0.332 e. The summed E-state index contributed by atoms with van der Waals surface area (Å²) < 4.78 is 0. The molecule has 1 aliphatic heterocycles. The Bertz CT molecular complexity index is 839. The van der Waals surface area contributed by atoms with Crippen molar-refractivity contribution >= 4 is 23.8 Å². The van der Waals surface area contributed by atoms with E-state index in [2.05, 4.69) is 10.6 Å². The van der Waals surface area contributed by atoms with Gasteiger partial charge in [0.1, 0.15) is 0 Å². The number of amides is 5. The summed E-state index contributed by atoms with van der Waals surface area (Å²) in [7, 11) is 0. The van der Waals surface area contributed by atoms with Crippen LogP contribution in [0.2, 0.25) is 0 Å². The highest BCUT2D eigenvalue weighted by Crippen LogP contribution is 2.55. The molecule has 0 radical (unpaired) electrons. The average Bonchev–Trinajstić information content (AvgIpc) is 2.89. The molecular formula is C22H25N3O4. The predicted octanol–water partition coefficient (Wildman–Crippen LogP) is 2.47. The first kappa shape index (κ1) is 18.3. The van der Waals surface area contributed by atoms with Gasteiger partial charge in [-0.25, -0.2) is 4.79 Å². The number of urea groups is 1. The van der Waals surface area contributed by atoms with Crippen LogP contribution >= 0.6 is 0 Å². The van der Waals surface area contributed by atoms with Gasteiger partial charge in [0.25, 0.3) is 11.8 Å². The molecule has 29 heavy (non-hydrogen) atoms. The molecule has 4 fully saturated rings. The van der Waals surface area contributed by atoms with Gasteiger partial charge in [0.2, 0.25) is 5.91 Å². The van der Waals surface area contributed by atoms with Crippen molar-refractivity contribution in [2.24, 2.45) is 17.8 Å². The fraction of sp³-hybridized carbons (Fsp3) is 0.545. The first-order chi connectivity index (χ1) is 13.9. The fourth-order valence-electron chi connectivity index (χ4n) is 6.38. The summed E-state index contributed by atoms with van der Waals surface area (Å²) in [5.41, 5.74) is 0.552. The summed E-state index contributed by atoms with van der Waals surface area (Å²) in [5.74, 6) is 0.833. The molecule has 0 unspecified atom stereocenters. The lowest BCUT2D eigenvalue weighted by atomic mass is 9.53. The zero-order chi connectivity index (χ0) is 20.2. The zero-order valence-corrected chi connectivity index (χ0v) is 16.3. The fourth-order valence-corrected chi connectivity index (χ4v) is 6.38. The quantitative estimate of drug-likeness (QED) is 0.766. The highest BCUT2D eigenvalue weighted by molar-refractivity contribution is 6.21. The molecule has 7 nitrogen and oxygen atoms in total. The Hall–Kier alpha value is -2.70. The molecule has 1 heterocycles. The van der Waals surface area contributed by atoms with Crippen molar-refractivity contribution in [3.8, 4) is 0 Å². The van der Waals surface area contributed by atoms with Gasteiger partial charge in [-0.1, -0.05) is 12.1 Å². The normalized spacial score (nSPS) is 31.7. The average molecular weight is 395 g/mol. The van der Waals surface area contributed by atoms with E-state index in [0.29, 0.717) is 28.9 Å². The van der Waals surface area contributed by atoms with E-state index in [9.17, 15) is 19.2 Å². The number of carbonyl (C=O) groups excluding carboxylic acids is 4. The maximum atomic E-state index is 12.5. The Morgan fingerprint density at radius 1 is 0.931 bits per heavy atom. The molecule has 1 aromatic rings. The lowest BCUT2D eigenvalue weighted by Crippen LogP contribution is -2.61. The standard InChI is InChI=1S/C22H25N3O4/c26-18(5-6-25-19(27)16-3-1-2-4-17(16)20(25)28)23-21(29)24-22-10-13-7-14(11-22)9-15(8-13)12-22/h1-4,13-15H,5-12H2,(H2,23,24,26,29). The Kier molecular flexibility index (Phi) is 4.22. The molecule has 4 aliphatic carbocycles. The van der Waals surface area contributed by atoms with E-state index in [4.69, 9.17) is 0 Å². The molecule has 4 saturated carbocycles. The predicted molar refractivity (Wildman–Crippen MR) is 104 cm³/mol. The van der Waals surface area contributed by atoms with Gasteiger partial charge >= 0.3 is 6.03 Å². The minimum atomic E-state index is -0.483. The second kappa shape index (κ2) is 6.68. The third kappa shape index (κ3) is 3.22. The molecule has 6 rings (SSSR count). The Labute approximate surface area is 169 Å². The number of carbonyl (C=O) groups is 4. The number of nitrogens with zero attached hydrogens (tertiary/aromatic N) is 1. The van der Waals surface area contributed by atoms with E-state index < -0.39 is 23.8 Å². The molecule has 1 aromatic carbocycles. The van der Waals surface area contributed by atoms with Crippen LogP contribution in [-0.2, 0) is 4.79 Å². The number of benzene rings is 1. The number of rotatable bonds is 4. The Morgan fingerprint density at radius 2 is 1.45 bits per heavy atom. The molecule has 152 valence electrons. The van der Waals surface area contributed by atoms with Gasteiger partial charge in [-0.3, -0.25) is 24.6 Å². The van der Waals surface area contributed by atoms with Crippen LogP contribution < -0.4 is 10.6 Å². The summed E-state index contributed by atoms with van der Waals surface area (Å²) in [4.78, 5) is 50.5. The van der Waals surface area contributed by atoms with Gasteiger partial charge in [0.05, 0.1) is 11.1 Å². The molecule has 2 N–H and O–H groups in total. The van der Waals surface area contributed by atoms with E-state index in [1.165, 1.54) is 19.3 Å². The van der Waals surface area contributed by atoms with Gasteiger partial charge < -0.3 is 5.32 Å². The van der Waals surface area contributed by atoms with Crippen LogP contribution in [0.1, 0.15) is 65.7 Å². The lowest BCUT2D eigenvalue weighted by molar-refractivity contribution is -0.120. The van der Waals surface area contributed by atoms with E-state index in [0.717, 1.165) is 24.2 Å². The summed E-state index contributed by atoms with van der Waals surface area (Å²) in [6.07, 6.45) is 6.77. The number of nitrogens with one attached hydrogen (secondary N) is 2. The van der Waals surface area contributed by atoms with Crippen molar-refractivity contribution in [2.75, 3.05) is 6.54 Å². The molecule has 7 heteroatoms. The summed E-state index contributed by atoms with van der Waals surface area (Å²) in [5, 5.41) is 5.49. The molecule has 0 saturated heterocycles. The number of hydrogen-bond acceptors (Lipinski definition) is 4. The summed E-state index contributed by atoms with van der Waals surface area (Å²) in [6.45, 7) is -0.0389. The minimum absolute atomic E-state index is 0.0389. The van der Waals surface area contributed by atoms with Crippen LogP contribution in [0.4, 0.5) is 4.79 Å². The molecule has 5 aliphatic rings. The molecule has 0 spiro atoms. The Balaban J connectivity index is 1.15. The van der Waals surface area contributed by atoms with E-state index >= 15 is 0 Å². The van der Waals surface area contributed by atoms with Gasteiger partial charge in [0, 0.05) is 18.5 Å². The van der Waals surface area contributed by atoms with Crippen molar-refractivity contribution in [1.82, 2.24) is 15.5 Å². The summed E-state index contributed by atoms with van der Waals surface area (Å²) in [6, 6.07) is 6.16. The third-order valence-corrected chi connectivity index (χ3v) is 7.11. The van der Waals surface area contributed by atoms with Crippen molar-refractivity contribution in [2.45, 2.75) is 50.5 Å². The highest BCUT2D eigenvalue weighted by atomic mass is 16.2. The molecule has 4 bridgehead atoms. The second-order valence-corrected chi connectivity index (χ2v) is 9.26. The highest BCUT2D eigenvalue weighted by Gasteiger charge is 2.51. The molecule has 0 aromatic heterocycles. The van der Waals surface area contributed by atoms with Gasteiger partial charge in [0.15, 0.2) is 0 Å². The largest absolute Gasteiger partial charge is 0.332 e. The van der Waals surface area contributed by atoms with E-state index in [-0.39, 0.29) is 18.5 Å². The van der Waals surface area contributed by atoms with Crippen LogP contribution in [0.25, 0.3) is 0 Å². The lowest BCUT2D eigenvalue weighted by Gasteiger charge is -2.56. The van der Waals surface area contributed by atoms with Crippen LogP contribution in [0.15, 0.2) is 24.3 Å². The second-order valence-electron chi connectivity index (χ2n) is 9.26. The maximum Gasteiger partial charge on any atom is 0.321 e. The molecular weight excluding hydrogens is 370 g/mol. The maximum absolute atomic E-state index is 12.5. The zero-order valence-electron chi connectivity index (χ0n) is 16.3. The van der Waals surface area contributed by atoms with Crippen LogP contribution in [0, 0.1) is 17.8 Å².